The zero-order chi connectivity index (χ0) is 14.2. The van der Waals surface area contributed by atoms with Crippen molar-refractivity contribution in [3.63, 3.8) is 0 Å². The zero-order valence-corrected chi connectivity index (χ0v) is 12.1. The minimum Gasteiger partial charge on any atom is -0.400 e. The molecular formula is C17H26O. The summed E-state index contributed by atoms with van der Waals surface area (Å²) in [5.74, 6) is 0. The van der Waals surface area contributed by atoms with Crippen molar-refractivity contribution in [3.8, 4) is 0 Å². The molecule has 0 radical (unpaired) electrons. The summed E-state index contributed by atoms with van der Waals surface area (Å²) >= 11 is 0. The predicted octanol–water partition coefficient (Wildman–Crippen LogP) is 4.86. The Morgan fingerprint density at radius 3 is 2.17 bits per heavy atom. The summed E-state index contributed by atoms with van der Waals surface area (Å²) in [6, 6.07) is 10.3. The van der Waals surface area contributed by atoms with E-state index in [2.05, 4.69) is 37.8 Å². The lowest BCUT2D eigenvalue weighted by Crippen LogP contribution is -1.78. The van der Waals surface area contributed by atoms with Crippen LogP contribution in [0.1, 0.15) is 32.8 Å². The molecule has 0 aromatic heterocycles. The van der Waals surface area contributed by atoms with Gasteiger partial charge in [-0.15, -0.1) is 0 Å². The van der Waals surface area contributed by atoms with Crippen molar-refractivity contribution in [2.75, 3.05) is 7.11 Å². The first kappa shape index (κ1) is 18.8. The van der Waals surface area contributed by atoms with Crippen LogP contribution >= 0.6 is 0 Å². The number of hydrogen-bond donors (Lipinski definition) is 1. The molecule has 18 heavy (non-hydrogen) atoms. The van der Waals surface area contributed by atoms with Crippen molar-refractivity contribution in [1.29, 1.82) is 0 Å². The van der Waals surface area contributed by atoms with E-state index in [0.29, 0.717) is 0 Å². The fourth-order valence-corrected chi connectivity index (χ4v) is 1.25. The van der Waals surface area contributed by atoms with Crippen LogP contribution in [-0.2, 0) is 0 Å². The second kappa shape index (κ2) is 15.4. The molecule has 0 aliphatic carbocycles. The molecule has 0 spiro atoms. The van der Waals surface area contributed by atoms with Gasteiger partial charge >= 0.3 is 0 Å². The molecule has 0 aliphatic heterocycles. The molecule has 0 saturated heterocycles. The maximum absolute atomic E-state index is 7.00. The van der Waals surface area contributed by atoms with Crippen molar-refractivity contribution < 1.29 is 5.11 Å². The van der Waals surface area contributed by atoms with Gasteiger partial charge in [0.2, 0.25) is 0 Å². The number of aliphatic hydroxyl groups excluding tert-OH is 1. The van der Waals surface area contributed by atoms with E-state index in [0.717, 1.165) is 13.5 Å². The van der Waals surface area contributed by atoms with Crippen LogP contribution in [0, 0.1) is 0 Å². The van der Waals surface area contributed by atoms with Gasteiger partial charge < -0.3 is 5.11 Å². The van der Waals surface area contributed by atoms with Crippen LogP contribution in [0.4, 0.5) is 0 Å². The highest BCUT2D eigenvalue weighted by molar-refractivity contribution is 5.74. The Kier molecular flexibility index (Phi) is 16.0. The molecule has 0 unspecified atom stereocenters. The maximum atomic E-state index is 7.00. The van der Waals surface area contributed by atoms with Gasteiger partial charge in [0.1, 0.15) is 0 Å². The second-order valence-corrected chi connectivity index (χ2v) is 3.03. The van der Waals surface area contributed by atoms with Gasteiger partial charge in [0.05, 0.1) is 0 Å². The molecule has 0 aliphatic rings. The second-order valence-electron chi connectivity index (χ2n) is 3.03. The largest absolute Gasteiger partial charge is 0.400 e. The third kappa shape index (κ3) is 8.54. The van der Waals surface area contributed by atoms with Crippen LogP contribution < -0.4 is 0 Å². The van der Waals surface area contributed by atoms with E-state index >= 15 is 0 Å². The van der Waals surface area contributed by atoms with Gasteiger partial charge in [-0.2, -0.15) is 0 Å². The number of aliphatic hydroxyl groups is 1. The summed E-state index contributed by atoms with van der Waals surface area (Å²) in [5.41, 5.74) is 2.44. The van der Waals surface area contributed by atoms with Gasteiger partial charge in [-0.25, -0.2) is 0 Å². The minimum absolute atomic E-state index is 1.00. The molecule has 0 amide bonds. The van der Waals surface area contributed by atoms with Crippen LogP contribution in [0.2, 0.25) is 0 Å². The van der Waals surface area contributed by atoms with E-state index in [1.165, 1.54) is 11.1 Å². The van der Waals surface area contributed by atoms with E-state index in [1.54, 1.807) is 0 Å². The van der Waals surface area contributed by atoms with Crippen molar-refractivity contribution >= 4 is 5.57 Å². The SMILES string of the molecule is C=C/C=C(\C=C/CC)c1ccccc1.CC.CO. The molecule has 0 saturated carbocycles. The van der Waals surface area contributed by atoms with E-state index in [4.69, 9.17) is 5.11 Å². The summed E-state index contributed by atoms with van der Waals surface area (Å²) in [7, 11) is 1.00. The van der Waals surface area contributed by atoms with E-state index < -0.39 is 0 Å². The average molecular weight is 246 g/mol. The highest BCUT2D eigenvalue weighted by atomic mass is 16.2. The summed E-state index contributed by atoms with van der Waals surface area (Å²) in [5, 5.41) is 7.00. The van der Waals surface area contributed by atoms with Gasteiger partial charge in [0.25, 0.3) is 0 Å². The molecule has 1 aromatic carbocycles. The van der Waals surface area contributed by atoms with Crippen molar-refractivity contribution in [1.82, 2.24) is 0 Å². The highest BCUT2D eigenvalue weighted by Gasteiger charge is 1.93. The molecule has 1 N–H and O–H groups in total. The van der Waals surface area contributed by atoms with E-state index in [-0.39, 0.29) is 0 Å². The Morgan fingerprint density at radius 2 is 1.72 bits per heavy atom. The molecule has 100 valence electrons. The summed E-state index contributed by atoms with van der Waals surface area (Å²) < 4.78 is 0. The van der Waals surface area contributed by atoms with Gasteiger partial charge in [0.15, 0.2) is 0 Å². The Bertz CT molecular complexity index is 334. The Balaban J connectivity index is 0. The van der Waals surface area contributed by atoms with Crippen molar-refractivity contribution in [3.05, 3.63) is 66.8 Å². The molecule has 0 fully saturated rings. The Morgan fingerprint density at radius 1 is 1.17 bits per heavy atom. The minimum atomic E-state index is 1.00. The first-order valence-electron chi connectivity index (χ1n) is 6.38. The average Bonchev–Trinajstić information content (AvgIpc) is 2.48. The van der Waals surface area contributed by atoms with Gasteiger partial charge in [-0.3, -0.25) is 0 Å². The van der Waals surface area contributed by atoms with Crippen LogP contribution in [0.3, 0.4) is 0 Å². The first-order valence-corrected chi connectivity index (χ1v) is 6.38. The van der Waals surface area contributed by atoms with Crippen LogP contribution in [0.15, 0.2) is 61.2 Å². The molecule has 0 atom stereocenters. The van der Waals surface area contributed by atoms with E-state index in [1.807, 2.05) is 44.2 Å². The number of rotatable bonds is 4. The van der Waals surface area contributed by atoms with Crippen molar-refractivity contribution in [2.45, 2.75) is 27.2 Å². The van der Waals surface area contributed by atoms with Crippen LogP contribution in [0.5, 0.6) is 0 Å². The monoisotopic (exact) mass is 246 g/mol. The molecule has 0 bridgehead atoms. The Labute approximate surface area is 112 Å². The Hall–Kier alpha value is -1.60. The molecule has 1 nitrogen and oxygen atoms in total. The number of hydrogen-bond acceptors (Lipinski definition) is 1. The topological polar surface area (TPSA) is 20.2 Å². The molecule has 1 heteroatoms. The molecule has 1 aromatic rings. The third-order valence-electron chi connectivity index (χ3n) is 1.94. The lowest BCUT2D eigenvalue weighted by molar-refractivity contribution is 0.399. The fourth-order valence-electron chi connectivity index (χ4n) is 1.25. The van der Waals surface area contributed by atoms with Crippen LogP contribution in [0.25, 0.3) is 5.57 Å². The van der Waals surface area contributed by atoms with Gasteiger partial charge in [-0.05, 0) is 17.6 Å². The fraction of sp³-hybridized carbons (Fsp3) is 0.294. The summed E-state index contributed by atoms with van der Waals surface area (Å²) in [6.45, 7) is 9.86. The molecular weight excluding hydrogens is 220 g/mol. The summed E-state index contributed by atoms with van der Waals surface area (Å²) in [6.07, 6.45) is 9.20. The predicted molar refractivity (Wildman–Crippen MR) is 83.5 cm³/mol. The maximum Gasteiger partial charge on any atom is 0.0319 e. The summed E-state index contributed by atoms with van der Waals surface area (Å²) in [4.78, 5) is 0. The van der Waals surface area contributed by atoms with Crippen molar-refractivity contribution in [2.24, 2.45) is 0 Å². The molecule has 1 rings (SSSR count). The van der Waals surface area contributed by atoms with Crippen LogP contribution in [-0.4, -0.2) is 12.2 Å². The third-order valence-corrected chi connectivity index (χ3v) is 1.94. The zero-order valence-electron chi connectivity index (χ0n) is 12.1. The smallest absolute Gasteiger partial charge is 0.0319 e. The lowest BCUT2D eigenvalue weighted by Gasteiger charge is -2.00. The van der Waals surface area contributed by atoms with Gasteiger partial charge in [0, 0.05) is 7.11 Å². The molecule has 0 heterocycles. The normalized spacial score (nSPS) is 9.94. The van der Waals surface area contributed by atoms with Gasteiger partial charge in [-0.1, -0.05) is 82.0 Å². The lowest BCUT2D eigenvalue weighted by atomic mass is 10.0. The van der Waals surface area contributed by atoms with E-state index in [9.17, 15) is 0 Å². The first-order chi connectivity index (χ1) is 8.88. The number of benzene rings is 1. The standard InChI is InChI=1S/C14H16.C2H6.CH4O/c1-3-5-10-13(9-4-2)14-11-7-6-8-12-14;2*1-2/h4-12H,2-3H2,1H3;1-2H3;2H,1H3/b10-5-,13-9+;;. The quantitative estimate of drug-likeness (QED) is 0.752. The number of allylic oxidation sites excluding steroid dienone is 5. The highest BCUT2D eigenvalue weighted by Crippen LogP contribution is 2.15.